The number of nitrogens with one attached hydrogen (secondary N) is 2. The molecule has 1 saturated carbocycles. The highest BCUT2D eigenvalue weighted by atomic mass is 16.5. The van der Waals surface area contributed by atoms with E-state index >= 15 is 0 Å². The molecular weight excluding hydrogens is 328 g/mol. The first-order chi connectivity index (χ1) is 12.8. The summed E-state index contributed by atoms with van der Waals surface area (Å²) in [4.78, 5) is 16.9. The van der Waals surface area contributed by atoms with Gasteiger partial charge in [0.2, 0.25) is 0 Å². The number of carbonyl (C=O) groups is 1. The number of amides is 2. The first-order valence-corrected chi connectivity index (χ1v) is 9.89. The van der Waals surface area contributed by atoms with Crippen molar-refractivity contribution >= 4 is 17.4 Å². The molecular formula is C20H32N4O2. The Morgan fingerprint density at radius 1 is 1.08 bits per heavy atom. The summed E-state index contributed by atoms with van der Waals surface area (Å²) in [7, 11) is 1.62. The van der Waals surface area contributed by atoms with Gasteiger partial charge in [-0.1, -0.05) is 19.3 Å². The Hall–Kier alpha value is -1.79. The fraction of sp³-hybridized carbons (Fsp3) is 0.650. The van der Waals surface area contributed by atoms with Gasteiger partial charge in [0.25, 0.3) is 0 Å². The van der Waals surface area contributed by atoms with Crippen LogP contribution < -0.4 is 15.5 Å². The number of rotatable bonds is 6. The van der Waals surface area contributed by atoms with Crippen LogP contribution >= 0.6 is 0 Å². The lowest BCUT2D eigenvalue weighted by Gasteiger charge is -2.41. The standard InChI is InChI=1S/C20H32N4O2/c1-26-16-11-21-20(25)22-17-7-9-19(10-8-17)24-14-12-23(13-15-24)18-5-3-2-4-6-18/h7-10,18H,2-6,11-16H2,1H3,(H2,21,22,25). The molecule has 2 amide bonds. The van der Waals surface area contributed by atoms with Crippen LogP contribution in [0.5, 0.6) is 0 Å². The molecule has 26 heavy (non-hydrogen) atoms. The minimum atomic E-state index is -0.198. The SMILES string of the molecule is COCCNC(=O)Nc1ccc(N2CCN(C3CCCCC3)CC2)cc1. The summed E-state index contributed by atoms with van der Waals surface area (Å²) in [5, 5.41) is 5.60. The molecule has 0 radical (unpaired) electrons. The average Bonchev–Trinajstić information content (AvgIpc) is 2.70. The molecule has 1 heterocycles. The number of hydrogen-bond donors (Lipinski definition) is 2. The highest BCUT2D eigenvalue weighted by Gasteiger charge is 2.25. The number of piperazine rings is 1. The van der Waals surface area contributed by atoms with Crippen LogP contribution in [0.25, 0.3) is 0 Å². The third-order valence-electron chi connectivity index (χ3n) is 5.49. The summed E-state index contributed by atoms with van der Waals surface area (Å²) in [6, 6.07) is 8.75. The maximum atomic E-state index is 11.8. The van der Waals surface area contributed by atoms with Crippen molar-refractivity contribution in [3.63, 3.8) is 0 Å². The Bertz CT molecular complexity index is 549. The molecule has 0 unspecified atom stereocenters. The second-order valence-electron chi connectivity index (χ2n) is 7.24. The summed E-state index contributed by atoms with van der Waals surface area (Å²) in [6.07, 6.45) is 6.98. The highest BCUT2D eigenvalue weighted by Crippen LogP contribution is 2.25. The van der Waals surface area contributed by atoms with E-state index in [-0.39, 0.29) is 6.03 Å². The van der Waals surface area contributed by atoms with Crippen molar-refractivity contribution in [1.29, 1.82) is 0 Å². The minimum absolute atomic E-state index is 0.198. The molecule has 1 aliphatic carbocycles. The van der Waals surface area contributed by atoms with Gasteiger partial charge in [-0.15, -0.1) is 0 Å². The number of methoxy groups -OCH3 is 1. The predicted molar refractivity (Wildman–Crippen MR) is 106 cm³/mol. The van der Waals surface area contributed by atoms with Crippen LogP contribution in [0.4, 0.5) is 16.2 Å². The lowest BCUT2D eigenvalue weighted by molar-refractivity contribution is 0.148. The molecule has 3 rings (SSSR count). The van der Waals surface area contributed by atoms with E-state index in [2.05, 4.69) is 32.6 Å². The summed E-state index contributed by atoms with van der Waals surface area (Å²) < 4.78 is 4.92. The van der Waals surface area contributed by atoms with Gasteiger partial charge in [0.15, 0.2) is 0 Å². The molecule has 6 nitrogen and oxygen atoms in total. The van der Waals surface area contributed by atoms with Crippen molar-refractivity contribution in [3.05, 3.63) is 24.3 Å². The maximum Gasteiger partial charge on any atom is 0.319 e. The topological polar surface area (TPSA) is 56.8 Å². The number of anilines is 2. The molecule has 0 atom stereocenters. The first kappa shape index (κ1) is 19.0. The van der Waals surface area contributed by atoms with E-state index in [0.717, 1.165) is 37.9 Å². The molecule has 144 valence electrons. The number of nitrogens with zero attached hydrogens (tertiary/aromatic N) is 2. The number of ether oxygens (including phenoxy) is 1. The van der Waals surface area contributed by atoms with Crippen molar-refractivity contribution in [1.82, 2.24) is 10.2 Å². The molecule has 2 aliphatic rings. The van der Waals surface area contributed by atoms with E-state index in [4.69, 9.17) is 4.74 Å². The maximum absolute atomic E-state index is 11.8. The van der Waals surface area contributed by atoms with Gasteiger partial charge in [-0.3, -0.25) is 4.90 Å². The largest absolute Gasteiger partial charge is 0.383 e. The fourth-order valence-electron chi connectivity index (χ4n) is 3.99. The molecule has 2 fully saturated rings. The van der Waals surface area contributed by atoms with Crippen molar-refractivity contribution in [3.8, 4) is 0 Å². The Morgan fingerprint density at radius 3 is 2.42 bits per heavy atom. The predicted octanol–water partition coefficient (Wildman–Crippen LogP) is 2.91. The Morgan fingerprint density at radius 2 is 1.77 bits per heavy atom. The summed E-state index contributed by atoms with van der Waals surface area (Å²) in [5.74, 6) is 0. The van der Waals surface area contributed by atoms with Gasteiger partial charge >= 0.3 is 6.03 Å². The zero-order valence-corrected chi connectivity index (χ0v) is 15.9. The van der Waals surface area contributed by atoms with Gasteiger partial charge in [-0.25, -0.2) is 4.79 Å². The molecule has 2 N–H and O–H groups in total. The Balaban J connectivity index is 1.44. The molecule has 1 saturated heterocycles. The van der Waals surface area contributed by atoms with Gasteiger partial charge in [0, 0.05) is 57.3 Å². The van der Waals surface area contributed by atoms with Gasteiger partial charge in [-0.2, -0.15) is 0 Å². The lowest BCUT2D eigenvalue weighted by Crippen LogP contribution is -2.50. The van der Waals surface area contributed by atoms with Gasteiger partial charge in [0.05, 0.1) is 6.61 Å². The van der Waals surface area contributed by atoms with Crippen LogP contribution in [-0.2, 0) is 4.74 Å². The lowest BCUT2D eigenvalue weighted by atomic mass is 9.94. The number of urea groups is 1. The fourth-order valence-corrected chi connectivity index (χ4v) is 3.99. The third kappa shape index (κ3) is 5.35. The van der Waals surface area contributed by atoms with Gasteiger partial charge in [0.1, 0.15) is 0 Å². The van der Waals surface area contributed by atoms with E-state index in [1.54, 1.807) is 7.11 Å². The third-order valence-corrected chi connectivity index (χ3v) is 5.49. The molecule has 0 spiro atoms. The first-order valence-electron chi connectivity index (χ1n) is 9.89. The van der Waals surface area contributed by atoms with Crippen molar-refractivity contribution in [2.24, 2.45) is 0 Å². The summed E-state index contributed by atoms with van der Waals surface area (Å²) in [6.45, 7) is 5.51. The van der Waals surface area contributed by atoms with Crippen LogP contribution in [0.15, 0.2) is 24.3 Å². The second-order valence-corrected chi connectivity index (χ2v) is 7.24. The van der Waals surface area contributed by atoms with Crippen molar-refractivity contribution in [2.45, 2.75) is 38.1 Å². The average molecular weight is 361 g/mol. The molecule has 0 aromatic heterocycles. The Kier molecular flexibility index (Phi) is 7.14. The van der Waals surface area contributed by atoms with Crippen LogP contribution in [0.2, 0.25) is 0 Å². The van der Waals surface area contributed by atoms with E-state index in [9.17, 15) is 4.79 Å². The number of hydrogen-bond acceptors (Lipinski definition) is 4. The molecule has 6 heteroatoms. The zero-order chi connectivity index (χ0) is 18.2. The van der Waals surface area contributed by atoms with E-state index in [0.29, 0.717) is 13.2 Å². The van der Waals surface area contributed by atoms with Crippen LogP contribution in [0.1, 0.15) is 32.1 Å². The quantitative estimate of drug-likeness (QED) is 0.766. The highest BCUT2D eigenvalue weighted by molar-refractivity contribution is 5.89. The van der Waals surface area contributed by atoms with E-state index in [1.165, 1.54) is 37.8 Å². The van der Waals surface area contributed by atoms with Gasteiger partial charge in [-0.05, 0) is 37.1 Å². The van der Waals surface area contributed by atoms with Crippen LogP contribution in [0, 0.1) is 0 Å². The minimum Gasteiger partial charge on any atom is -0.383 e. The van der Waals surface area contributed by atoms with Crippen LogP contribution in [-0.4, -0.2) is 63.4 Å². The van der Waals surface area contributed by atoms with Gasteiger partial charge < -0.3 is 20.3 Å². The van der Waals surface area contributed by atoms with Crippen molar-refractivity contribution < 1.29 is 9.53 Å². The smallest absolute Gasteiger partial charge is 0.319 e. The molecule has 0 bridgehead atoms. The molecule has 1 aromatic rings. The summed E-state index contributed by atoms with van der Waals surface area (Å²) >= 11 is 0. The van der Waals surface area contributed by atoms with E-state index in [1.807, 2.05) is 12.1 Å². The summed E-state index contributed by atoms with van der Waals surface area (Å²) in [5.41, 5.74) is 2.04. The number of benzene rings is 1. The van der Waals surface area contributed by atoms with Crippen LogP contribution in [0.3, 0.4) is 0 Å². The van der Waals surface area contributed by atoms with Crippen molar-refractivity contribution in [2.75, 3.05) is 56.7 Å². The normalized spacial score (nSPS) is 19.3. The molecule has 1 aromatic carbocycles. The molecule has 1 aliphatic heterocycles. The van der Waals surface area contributed by atoms with E-state index < -0.39 is 0 Å². The monoisotopic (exact) mass is 360 g/mol. The zero-order valence-electron chi connectivity index (χ0n) is 15.9. The Labute approximate surface area is 156 Å². The second kappa shape index (κ2) is 9.78. The number of carbonyl (C=O) groups excluding carboxylic acids is 1.